The van der Waals surface area contributed by atoms with E-state index in [1.807, 2.05) is 36.3 Å². The highest BCUT2D eigenvalue weighted by atomic mass is 32.1. The van der Waals surface area contributed by atoms with Gasteiger partial charge >= 0.3 is 0 Å². The predicted octanol–water partition coefficient (Wildman–Crippen LogP) is 2.38. The van der Waals surface area contributed by atoms with Gasteiger partial charge in [0.15, 0.2) is 11.6 Å². The number of anilines is 2. The van der Waals surface area contributed by atoms with Crippen LogP contribution in [0.5, 0.6) is 0 Å². The van der Waals surface area contributed by atoms with Crippen molar-refractivity contribution in [2.45, 2.75) is 26.4 Å². The molecule has 5 nitrogen and oxygen atoms in total. The summed E-state index contributed by atoms with van der Waals surface area (Å²) >= 11 is 1.63. The Morgan fingerprint density at radius 2 is 2.32 bits per heavy atom. The fraction of sp³-hybridized carbons (Fsp3) is 0.333. The number of hydrogen-bond donors (Lipinski definition) is 2. The van der Waals surface area contributed by atoms with E-state index in [4.69, 9.17) is 5.84 Å². The summed E-state index contributed by atoms with van der Waals surface area (Å²) in [6, 6.07) is 4.10. The van der Waals surface area contributed by atoms with E-state index < -0.39 is 5.82 Å². The molecule has 2 heterocycles. The van der Waals surface area contributed by atoms with Gasteiger partial charge in [0.1, 0.15) is 0 Å². The maximum atomic E-state index is 13.9. The Balaban J connectivity index is 2.33. The van der Waals surface area contributed by atoms with Gasteiger partial charge < -0.3 is 4.90 Å². The van der Waals surface area contributed by atoms with Crippen LogP contribution in [0.4, 0.5) is 16.2 Å². The van der Waals surface area contributed by atoms with Crippen LogP contribution in [0.1, 0.15) is 18.7 Å². The van der Waals surface area contributed by atoms with Crippen LogP contribution >= 0.6 is 11.3 Å². The zero-order valence-electron chi connectivity index (χ0n) is 10.8. The lowest BCUT2D eigenvalue weighted by Crippen LogP contribution is -2.32. The van der Waals surface area contributed by atoms with Crippen LogP contribution in [-0.4, -0.2) is 16.0 Å². The number of hydrogen-bond acceptors (Lipinski definition) is 6. The average molecular weight is 281 g/mol. The predicted molar refractivity (Wildman–Crippen MR) is 75.4 cm³/mol. The van der Waals surface area contributed by atoms with Gasteiger partial charge in [0.05, 0.1) is 12.7 Å². The van der Waals surface area contributed by atoms with E-state index >= 15 is 0 Å². The molecule has 0 saturated carbocycles. The van der Waals surface area contributed by atoms with E-state index in [0.717, 1.165) is 11.1 Å². The molecule has 0 aliphatic carbocycles. The van der Waals surface area contributed by atoms with Gasteiger partial charge in [-0.05, 0) is 25.3 Å². The fourth-order valence-electron chi connectivity index (χ4n) is 1.70. The summed E-state index contributed by atoms with van der Waals surface area (Å²) in [5.41, 5.74) is 2.33. The molecular formula is C12H16FN5S. The summed E-state index contributed by atoms with van der Waals surface area (Å²) in [6.45, 7) is 4.59. The molecular weight excluding hydrogens is 265 g/mol. The Morgan fingerprint density at radius 3 is 2.89 bits per heavy atom. The number of nitrogens with zero attached hydrogens (tertiary/aromatic N) is 3. The molecule has 19 heavy (non-hydrogen) atoms. The molecule has 3 N–H and O–H groups in total. The van der Waals surface area contributed by atoms with E-state index in [0.29, 0.717) is 6.54 Å². The molecule has 0 aliphatic rings. The molecule has 0 bridgehead atoms. The summed E-state index contributed by atoms with van der Waals surface area (Å²) in [6.07, 6.45) is 1.13. The van der Waals surface area contributed by atoms with Crippen LogP contribution in [0.25, 0.3) is 0 Å². The third kappa shape index (κ3) is 3.18. The quantitative estimate of drug-likeness (QED) is 0.650. The van der Waals surface area contributed by atoms with E-state index in [-0.39, 0.29) is 17.8 Å². The van der Waals surface area contributed by atoms with Gasteiger partial charge in [-0.15, -0.1) is 11.3 Å². The average Bonchev–Trinajstić information content (AvgIpc) is 2.89. The third-order valence-electron chi connectivity index (χ3n) is 2.66. The zero-order valence-corrected chi connectivity index (χ0v) is 11.6. The third-order valence-corrected chi connectivity index (χ3v) is 3.52. The second-order valence-electron chi connectivity index (χ2n) is 4.31. The minimum atomic E-state index is -0.454. The summed E-state index contributed by atoms with van der Waals surface area (Å²) in [5, 5.41) is 2.00. The molecule has 2 aromatic heterocycles. The molecule has 2 rings (SSSR count). The maximum absolute atomic E-state index is 13.9. The maximum Gasteiger partial charge on any atom is 0.239 e. The number of thiophene rings is 1. The van der Waals surface area contributed by atoms with Crippen molar-refractivity contribution in [3.63, 3.8) is 0 Å². The summed E-state index contributed by atoms with van der Waals surface area (Å²) in [4.78, 5) is 10.9. The molecule has 7 heteroatoms. The standard InChI is InChI=1S/C12H16FN5S/c1-8(2)18(7-9-4-3-5-19-9)11-10(13)6-15-12(16-11)17-14/h3-6,8H,7,14H2,1-2H3,(H,15,16,17). The minimum absolute atomic E-state index is 0.108. The number of aromatic nitrogens is 2. The van der Waals surface area contributed by atoms with Gasteiger partial charge in [0.25, 0.3) is 0 Å². The molecule has 0 saturated heterocycles. The lowest BCUT2D eigenvalue weighted by Gasteiger charge is -2.27. The number of nitrogens with one attached hydrogen (secondary N) is 1. The number of nitrogen functional groups attached to an aromatic ring is 1. The summed E-state index contributed by atoms with van der Waals surface area (Å²) < 4.78 is 13.9. The van der Waals surface area contributed by atoms with Gasteiger partial charge in [-0.25, -0.2) is 15.2 Å². The minimum Gasteiger partial charge on any atom is -0.346 e. The van der Waals surface area contributed by atoms with Gasteiger partial charge in [-0.1, -0.05) is 6.07 Å². The van der Waals surface area contributed by atoms with Crippen LogP contribution in [0.3, 0.4) is 0 Å². The van der Waals surface area contributed by atoms with Crippen molar-refractivity contribution in [3.8, 4) is 0 Å². The SMILES string of the molecule is CC(C)N(Cc1cccs1)c1nc(NN)ncc1F. The van der Waals surface area contributed by atoms with E-state index in [1.165, 1.54) is 0 Å². The summed E-state index contributed by atoms with van der Waals surface area (Å²) in [5.74, 6) is 5.27. The van der Waals surface area contributed by atoms with Crippen molar-refractivity contribution in [1.82, 2.24) is 9.97 Å². The lowest BCUT2D eigenvalue weighted by atomic mass is 10.3. The van der Waals surface area contributed by atoms with Crippen LogP contribution in [0.15, 0.2) is 23.7 Å². The molecule has 102 valence electrons. The van der Waals surface area contributed by atoms with Gasteiger partial charge in [0, 0.05) is 10.9 Å². The van der Waals surface area contributed by atoms with Gasteiger partial charge in [-0.2, -0.15) is 4.98 Å². The fourth-order valence-corrected chi connectivity index (χ4v) is 2.40. The van der Waals surface area contributed by atoms with Gasteiger partial charge in [0.2, 0.25) is 5.95 Å². The van der Waals surface area contributed by atoms with Crippen LogP contribution in [0, 0.1) is 5.82 Å². The Hall–Kier alpha value is -1.73. The first-order valence-electron chi connectivity index (χ1n) is 5.90. The van der Waals surface area contributed by atoms with Crippen molar-refractivity contribution in [3.05, 3.63) is 34.4 Å². The van der Waals surface area contributed by atoms with Crippen molar-refractivity contribution >= 4 is 23.1 Å². The largest absolute Gasteiger partial charge is 0.346 e. The first-order valence-corrected chi connectivity index (χ1v) is 6.78. The van der Waals surface area contributed by atoms with Crippen molar-refractivity contribution in [2.24, 2.45) is 5.84 Å². The number of hydrazine groups is 1. The van der Waals surface area contributed by atoms with Crippen LogP contribution in [-0.2, 0) is 6.54 Å². The van der Waals surface area contributed by atoms with Crippen molar-refractivity contribution in [1.29, 1.82) is 0 Å². The van der Waals surface area contributed by atoms with Crippen LogP contribution in [0.2, 0.25) is 0 Å². The monoisotopic (exact) mass is 281 g/mol. The highest BCUT2D eigenvalue weighted by molar-refractivity contribution is 7.09. The molecule has 0 spiro atoms. The Kier molecular flexibility index (Phi) is 4.28. The molecule has 0 radical (unpaired) electrons. The Bertz CT molecular complexity index is 529. The molecule has 0 amide bonds. The Morgan fingerprint density at radius 1 is 1.53 bits per heavy atom. The van der Waals surface area contributed by atoms with Crippen molar-refractivity contribution in [2.75, 3.05) is 10.3 Å². The van der Waals surface area contributed by atoms with Gasteiger partial charge in [-0.3, -0.25) is 5.43 Å². The Labute approximate surface area is 115 Å². The number of halogens is 1. The van der Waals surface area contributed by atoms with E-state index in [2.05, 4.69) is 15.4 Å². The smallest absolute Gasteiger partial charge is 0.239 e. The highest BCUT2D eigenvalue weighted by Crippen LogP contribution is 2.23. The topological polar surface area (TPSA) is 67.1 Å². The molecule has 0 unspecified atom stereocenters. The van der Waals surface area contributed by atoms with Crippen molar-refractivity contribution < 1.29 is 4.39 Å². The molecule has 0 fully saturated rings. The lowest BCUT2D eigenvalue weighted by molar-refractivity contribution is 0.584. The summed E-state index contributed by atoms with van der Waals surface area (Å²) in [7, 11) is 0. The molecule has 0 atom stereocenters. The van der Waals surface area contributed by atoms with Crippen LogP contribution < -0.4 is 16.2 Å². The number of nitrogens with two attached hydrogens (primary N) is 1. The second-order valence-corrected chi connectivity index (χ2v) is 5.34. The normalized spacial score (nSPS) is 10.8. The zero-order chi connectivity index (χ0) is 13.8. The number of rotatable bonds is 5. The van der Waals surface area contributed by atoms with E-state index in [1.54, 1.807) is 11.3 Å². The molecule has 2 aromatic rings. The van der Waals surface area contributed by atoms with E-state index in [9.17, 15) is 4.39 Å². The highest BCUT2D eigenvalue weighted by Gasteiger charge is 2.18. The molecule has 0 aliphatic heterocycles. The first-order chi connectivity index (χ1) is 9.11. The molecule has 0 aromatic carbocycles. The second kappa shape index (κ2) is 5.94. The first kappa shape index (κ1) is 13.7.